The highest BCUT2D eigenvalue weighted by atomic mass is 16.6. The first kappa shape index (κ1) is 14.4. The van der Waals surface area contributed by atoms with E-state index in [1.165, 1.54) is 0 Å². The largest absolute Gasteiger partial charge is 0.364 e. The highest BCUT2D eigenvalue weighted by molar-refractivity contribution is 5.56. The number of hydrogen-bond donors (Lipinski definition) is 3. The van der Waals surface area contributed by atoms with Crippen LogP contribution in [0.25, 0.3) is 0 Å². The number of nitrogens with one attached hydrogen (secondary N) is 2. The molecule has 0 radical (unpaired) electrons. The van der Waals surface area contributed by atoms with Crippen molar-refractivity contribution in [2.75, 3.05) is 37.4 Å². The predicted molar refractivity (Wildman–Crippen MR) is 75.2 cm³/mol. The van der Waals surface area contributed by atoms with Crippen molar-refractivity contribution in [3.63, 3.8) is 0 Å². The van der Waals surface area contributed by atoms with Gasteiger partial charge in [-0.15, -0.1) is 0 Å². The molecule has 1 aromatic rings. The minimum atomic E-state index is -0.503. The van der Waals surface area contributed by atoms with Crippen LogP contribution in [-0.2, 0) is 0 Å². The number of piperidine rings is 1. The van der Waals surface area contributed by atoms with Crippen LogP contribution in [0.3, 0.4) is 0 Å². The van der Waals surface area contributed by atoms with Crippen LogP contribution in [0, 0.1) is 16.0 Å². The molecule has 0 aromatic carbocycles. The molecule has 1 aromatic heterocycles. The average Bonchev–Trinajstić information content (AvgIpc) is 2.46. The van der Waals surface area contributed by atoms with Crippen LogP contribution in [0.5, 0.6) is 0 Å². The van der Waals surface area contributed by atoms with Gasteiger partial charge in [-0.1, -0.05) is 0 Å². The van der Waals surface area contributed by atoms with Crippen molar-refractivity contribution in [3.8, 4) is 0 Å². The summed E-state index contributed by atoms with van der Waals surface area (Å²) in [6.07, 6.45) is 3.30. The molecule has 9 nitrogen and oxygen atoms in total. The normalized spacial score (nSPS) is 16.9. The number of nitrogens with zero attached hydrogens (tertiary/aromatic N) is 4. The van der Waals surface area contributed by atoms with Gasteiger partial charge in [0.1, 0.15) is 6.20 Å². The lowest BCUT2D eigenvalue weighted by Crippen LogP contribution is -2.33. The zero-order valence-electron chi connectivity index (χ0n) is 11.4. The van der Waals surface area contributed by atoms with Crippen molar-refractivity contribution in [1.29, 1.82) is 0 Å². The van der Waals surface area contributed by atoms with Crippen molar-refractivity contribution in [2.45, 2.75) is 12.8 Å². The molecule has 20 heavy (non-hydrogen) atoms. The van der Waals surface area contributed by atoms with Crippen LogP contribution in [0.4, 0.5) is 17.5 Å². The molecule has 2 heterocycles. The van der Waals surface area contributed by atoms with Gasteiger partial charge in [0, 0.05) is 6.54 Å². The van der Waals surface area contributed by atoms with E-state index in [1.54, 1.807) is 0 Å². The van der Waals surface area contributed by atoms with Crippen molar-refractivity contribution in [2.24, 2.45) is 11.8 Å². The van der Waals surface area contributed by atoms with E-state index in [1.807, 2.05) is 0 Å². The summed E-state index contributed by atoms with van der Waals surface area (Å²) in [7, 11) is 2.10. The molecule has 2 rings (SSSR count). The molecule has 0 bridgehead atoms. The Labute approximate surface area is 116 Å². The summed E-state index contributed by atoms with van der Waals surface area (Å²) in [6.45, 7) is 2.76. The molecule has 1 aliphatic rings. The van der Waals surface area contributed by atoms with Gasteiger partial charge in [0.25, 0.3) is 0 Å². The van der Waals surface area contributed by atoms with Crippen LogP contribution < -0.4 is 16.6 Å². The van der Waals surface area contributed by atoms with E-state index in [0.717, 1.165) is 32.1 Å². The van der Waals surface area contributed by atoms with Gasteiger partial charge in [-0.3, -0.25) is 15.5 Å². The molecule has 0 amide bonds. The molecule has 0 saturated carbocycles. The highest BCUT2D eigenvalue weighted by Crippen LogP contribution is 2.23. The van der Waals surface area contributed by atoms with Gasteiger partial charge in [-0.2, -0.15) is 4.98 Å². The summed E-state index contributed by atoms with van der Waals surface area (Å²) in [4.78, 5) is 20.5. The third kappa shape index (κ3) is 3.52. The number of nitro groups is 1. The quantitative estimate of drug-likeness (QED) is 0.403. The third-order valence-electron chi connectivity index (χ3n) is 3.49. The molecule has 9 heteroatoms. The molecule has 1 aliphatic heterocycles. The van der Waals surface area contributed by atoms with E-state index >= 15 is 0 Å². The van der Waals surface area contributed by atoms with E-state index < -0.39 is 4.92 Å². The van der Waals surface area contributed by atoms with E-state index in [0.29, 0.717) is 12.5 Å². The maximum absolute atomic E-state index is 10.9. The van der Waals surface area contributed by atoms with Gasteiger partial charge in [0.2, 0.25) is 11.8 Å². The SMILES string of the molecule is CN1CCC(CNc2nc(NN)ncc2[N+](=O)[O-])CC1. The van der Waals surface area contributed by atoms with Crippen molar-refractivity contribution in [1.82, 2.24) is 14.9 Å². The maximum atomic E-state index is 10.9. The molecule has 0 unspecified atom stereocenters. The minimum absolute atomic E-state index is 0.142. The Kier molecular flexibility index (Phi) is 4.64. The van der Waals surface area contributed by atoms with Gasteiger partial charge >= 0.3 is 5.69 Å². The molecular weight excluding hydrogens is 262 g/mol. The van der Waals surface area contributed by atoms with Crippen LogP contribution in [0.2, 0.25) is 0 Å². The van der Waals surface area contributed by atoms with Gasteiger partial charge in [-0.05, 0) is 38.9 Å². The molecule has 1 saturated heterocycles. The first-order valence-electron chi connectivity index (χ1n) is 6.50. The lowest BCUT2D eigenvalue weighted by atomic mass is 9.97. The maximum Gasteiger partial charge on any atom is 0.329 e. The highest BCUT2D eigenvalue weighted by Gasteiger charge is 2.20. The number of rotatable bonds is 5. The van der Waals surface area contributed by atoms with Gasteiger partial charge < -0.3 is 10.2 Å². The van der Waals surface area contributed by atoms with Crippen molar-refractivity contribution < 1.29 is 4.92 Å². The van der Waals surface area contributed by atoms with E-state index in [-0.39, 0.29) is 17.5 Å². The lowest BCUT2D eigenvalue weighted by molar-refractivity contribution is -0.384. The van der Waals surface area contributed by atoms with Crippen LogP contribution in [0.1, 0.15) is 12.8 Å². The Hall–Kier alpha value is -2.00. The summed E-state index contributed by atoms with van der Waals surface area (Å²) < 4.78 is 0. The first-order valence-corrected chi connectivity index (χ1v) is 6.50. The standard InChI is InChI=1S/C11H19N7O2/c1-17-4-2-8(3-5-17)6-13-10-9(18(19)20)7-14-11(15-10)16-12/h7-8H,2-6,12H2,1H3,(H2,13,14,15,16). The minimum Gasteiger partial charge on any atom is -0.364 e. The summed E-state index contributed by atoms with van der Waals surface area (Å²) in [5.41, 5.74) is 2.14. The van der Waals surface area contributed by atoms with Crippen molar-refractivity contribution >= 4 is 17.5 Å². The van der Waals surface area contributed by atoms with Gasteiger partial charge in [0.15, 0.2) is 0 Å². The number of likely N-dealkylation sites (tertiary alicyclic amines) is 1. The third-order valence-corrected chi connectivity index (χ3v) is 3.49. The number of nitrogens with two attached hydrogens (primary N) is 1. The molecular formula is C11H19N7O2. The Morgan fingerprint density at radius 1 is 1.55 bits per heavy atom. The fraction of sp³-hybridized carbons (Fsp3) is 0.636. The second-order valence-electron chi connectivity index (χ2n) is 4.96. The number of hydrogen-bond acceptors (Lipinski definition) is 8. The Morgan fingerprint density at radius 2 is 2.25 bits per heavy atom. The molecule has 0 spiro atoms. The smallest absolute Gasteiger partial charge is 0.329 e. The molecule has 1 fully saturated rings. The Balaban J connectivity index is 2.02. The van der Waals surface area contributed by atoms with Crippen LogP contribution >= 0.6 is 0 Å². The predicted octanol–water partition coefficient (Wildman–Crippen LogP) is 0.424. The average molecular weight is 281 g/mol. The summed E-state index contributed by atoms with van der Waals surface area (Å²) in [5.74, 6) is 6.08. The number of nitrogen functional groups attached to an aromatic ring is 1. The fourth-order valence-electron chi connectivity index (χ4n) is 2.22. The number of aromatic nitrogens is 2. The zero-order chi connectivity index (χ0) is 14.5. The van der Waals surface area contributed by atoms with Crippen molar-refractivity contribution in [3.05, 3.63) is 16.3 Å². The summed E-state index contributed by atoms with van der Waals surface area (Å²) in [5, 5.41) is 14.0. The monoisotopic (exact) mass is 281 g/mol. The summed E-state index contributed by atoms with van der Waals surface area (Å²) in [6, 6.07) is 0. The van der Waals surface area contributed by atoms with Gasteiger partial charge in [0.05, 0.1) is 4.92 Å². The Bertz CT molecular complexity index is 474. The first-order chi connectivity index (χ1) is 9.60. The Morgan fingerprint density at radius 3 is 2.85 bits per heavy atom. The number of anilines is 2. The van der Waals surface area contributed by atoms with Gasteiger partial charge in [-0.25, -0.2) is 10.8 Å². The van der Waals surface area contributed by atoms with Crippen LogP contribution in [0.15, 0.2) is 6.20 Å². The topological polar surface area (TPSA) is 122 Å². The van der Waals surface area contributed by atoms with E-state index in [4.69, 9.17) is 5.84 Å². The zero-order valence-corrected chi connectivity index (χ0v) is 11.4. The fourth-order valence-corrected chi connectivity index (χ4v) is 2.22. The second kappa shape index (κ2) is 6.44. The molecule has 0 aliphatic carbocycles. The molecule has 4 N–H and O–H groups in total. The lowest BCUT2D eigenvalue weighted by Gasteiger charge is -2.29. The summed E-state index contributed by atoms with van der Waals surface area (Å²) >= 11 is 0. The molecule has 110 valence electrons. The molecule has 0 atom stereocenters. The van der Waals surface area contributed by atoms with Crippen LogP contribution in [-0.4, -0.2) is 46.5 Å². The van der Waals surface area contributed by atoms with E-state index in [9.17, 15) is 10.1 Å². The second-order valence-corrected chi connectivity index (χ2v) is 4.96. The number of hydrazine groups is 1. The van der Waals surface area contributed by atoms with E-state index in [2.05, 4.69) is 32.7 Å².